The molecule has 0 heterocycles. The van der Waals surface area contributed by atoms with Crippen LogP contribution >= 0.6 is 0 Å². The van der Waals surface area contributed by atoms with Crippen molar-refractivity contribution >= 4 is 0 Å². The van der Waals surface area contributed by atoms with Gasteiger partial charge in [0.2, 0.25) is 0 Å². The van der Waals surface area contributed by atoms with Crippen LogP contribution in [0.3, 0.4) is 0 Å². The molecular weight excluding hydrogens is 178 g/mol. The Balaban J connectivity index is -0.00000000750. The van der Waals surface area contributed by atoms with Crippen LogP contribution in [0.2, 0.25) is 0 Å². The van der Waals surface area contributed by atoms with Gasteiger partial charge in [0, 0.05) is 2.74 Å². The molecular formula is C2H5Cl3Ti. The summed E-state index contributed by atoms with van der Waals surface area (Å²) in [7, 11) is 0. The molecule has 4 heteroatoms. The Morgan fingerprint density at radius 3 is 1.33 bits per heavy atom. The van der Waals surface area contributed by atoms with E-state index in [1.807, 2.05) is 0 Å². The molecule has 0 aliphatic carbocycles. The van der Waals surface area contributed by atoms with Crippen LogP contribution < -0.4 is 37.2 Å². The summed E-state index contributed by atoms with van der Waals surface area (Å²) in [5, 5.41) is 0. The Bertz CT molecular complexity index is 20.0. The Morgan fingerprint density at radius 1 is 1.33 bits per heavy atom. The van der Waals surface area contributed by atoms with E-state index in [0.717, 1.165) is 0 Å². The fraction of sp³-hybridized carbons (Fsp3) is 0.500. The van der Waals surface area contributed by atoms with Crippen LogP contribution in [0, 0.1) is 6.88 Å². The molecule has 0 unspecified atom stereocenters. The molecule has 0 nitrogen and oxygen atoms in total. The maximum Gasteiger partial charge on any atom is 3.00 e. The number of hydrogen-bond donors (Lipinski definition) is 0. The first kappa shape index (κ1) is 15.6. The van der Waals surface area contributed by atoms with Crippen molar-refractivity contribution < 1.29 is 61.7 Å². The van der Waals surface area contributed by atoms with Crippen LogP contribution in [-0.2, 0) is 21.7 Å². The van der Waals surface area contributed by atoms with Crippen LogP contribution in [0.25, 0.3) is 0 Å². The largest absolute Gasteiger partial charge is 3.00 e. The summed E-state index contributed by atoms with van der Waals surface area (Å²) >= 11 is 0. The van der Waals surface area contributed by atoms with Gasteiger partial charge in [-0.15, -0.1) is 0 Å². The molecule has 0 amide bonds. The minimum absolute atomic E-state index is 0. The van der Waals surface area contributed by atoms with Crippen LogP contribution in [0.15, 0.2) is 0 Å². The summed E-state index contributed by atoms with van der Waals surface area (Å²) in [4.78, 5) is 0. The monoisotopic (exact) mass is 184 g/mol. The standard InChI is InChI=1S/C2H5.3ClH.Ti/c1-2;;;;/h1H2,2H3;3*1H;/q;;;;+3/p-3/i1D2;;;;. The number of rotatable bonds is 0. The molecule has 0 aliphatic rings. The third kappa shape index (κ3) is 46.8. The molecule has 0 saturated carbocycles. The molecule has 0 aliphatic heterocycles. The fourth-order valence-corrected chi connectivity index (χ4v) is 0. The number of hydrogen-bond acceptors (Lipinski definition) is 0. The van der Waals surface area contributed by atoms with E-state index in [-0.39, 0.29) is 65.8 Å². The zero-order valence-electron chi connectivity index (χ0n) is 5.13. The van der Waals surface area contributed by atoms with Crippen molar-refractivity contribution in [3.63, 3.8) is 0 Å². The minimum atomic E-state index is -0.0833. The van der Waals surface area contributed by atoms with Crippen molar-refractivity contribution in [2.24, 2.45) is 0 Å². The molecule has 0 bridgehead atoms. The molecule has 0 saturated heterocycles. The van der Waals surface area contributed by atoms with Gasteiger partial charge in [-0.05, 0) is 0 Å². The fourth-order valence-electron chi connectivity index (χ4n) is 0. The predicted octanol–water partition coefficient (Wildman–Crippen LogP) is -8.15. The minimum Gasteiger partial charge on any atom is -1.00 e. The first-order valence-electron chi connectivity index (χ1n) is 1.50. The first-order valence-corrected chi connectivity index (χ1v) is 0.500. The van der Waals surface area contributed by atoms with E-state index in [4.69, 9.17) is 2.74 Å². The second kappa shape index (κ2) is 81.8. The summed E-state index contributed by atoms with van der Waals surface area (Å²) in [6.45, 7) is 1.33. The van der Waals surface area contributed by atoms with E-state index in [2.05, 4.69) is 0 Å². The second-order valence-corrected chi connectivity index (χ2v) is 0. The van der Waals surface area contributed by atoms with Crippen molar-refractivity contribution in [3.05, 3.63) is 6.88 Å². The smallest absolute Gasteiger partial charge is 1.00 e. The van der Waals surface area contributed by atoms with Gasteiger partial charge in [-0.1, -0.05) is 13.8 Å². The van der Waals surface area contributed by atoms with E-state index < -0.39 is 0 Å². The average molecular weight is 185 g/mol. The molecule has 38 valence electrons. The summed E-state index contributed by atoms with van der Waals surface area (Å²) in [6, 6.07) is 0. The van der Waals surface area contributed by atoms with Gasteiger partial charge in [0.15, 0.2) is 0 Å². The van der Waals surface area contributed by atoms with Crippen LogP contribution in [-0.4, -0.2) is 0 Å². The maximum absolute atomic E-state index is 6.17. The SMILES string of the molecule is [2H][C]([2H])C.[Cl-].[Cl-].[Cl-].[Ti+3]. The third-order valence-electron chi connectivity index (χ3n) is 0. The quantitative estimate of drug-likeness (QED) is 0.329. The molecule has 0 aromatic heterocycles. The maximum atomic E-state index is 6.17. The van der Waals surface area contributed by atoms with E-state index in [1.165, 1.54) is 6.92 Å². The van der Waals surface area contributed by atoms with E-state index in [9.17, 15) is 0 Å². The van der Waals surface area contributed by atoms with Gasteiger partial charge in [-0.3, -0.25) is 0 Å². The van der Waals surface area contributed by atoms with Crippen molar-refractivity contribution in [1.82, 2.24) is 0 Å². The Kier molecular flexibility index (Phi) is 213. The third-order valence-corrected chi connectivity index (χ3v) is 0. The Labute approximate surface area is 75.4 Å². The summed E-state index contributed by atoms with van der Waals surface area (Å²) in [6.07, 6.45) is 0. The van der Waals surface area contributed by atoms with Crippen LogP contribution in [0.4, 0.5) is 0 Å². The summed E-state index contributed by atoms with van der Waals surface area (Å²) in [5.74, 6) is 0. The van der Waals surface area contributed by atoms with Crippen molar-refractivity contribution in [1.29, 1.82) is 0 Å². The molecule has 0 aromatic carbocycles. The molecule has 0 fully saturated rings. The van der Waals surface area contributed by atoms with Crippen molar-refractivity contribution in [2.75, 3.05) is 0 Å². The molecule has 0 atom stereocenters. The van der Waals surface area contributed by atoms with E-state index in [0.29, 0.717) is 0 Å². The number of halogens is 3. The Morgan fingerprint density at radius 2 is 1.33 bits per heavy atom. The molecule has 0 N–H and O–H groups in total. The normalized spacial score (nSPS) is 6.33. The zero-order valence-corrected chi connectivity index (χ0v) is 6.96. The molecule has 2 radical (unpaired) electrons. The predicted molar refractivity (Wildman–Crippen MR) is 11.0 cm³/mol. The zero-order chi connectivity index (χ0) is 3.58. The van der Waals surface area contributed by atoms with Crippen molar-refractivity contribution in [3.8, 4) is 0 Å². The van der Waals surface area contributed by atoms with Crippen LogP contribution in [0.5, 0.6) is 0 Å². The van der Waals surface area contributed by atoms with Crippen molar-refractivity contribution in [2.45, 2.75) is 6.92 Å². The van der Waals surface area contributed by atoms with Gasteiger partial charge >= 0.3 is 21.7 Å². The first-order chi connectivity index (χ1) is 1.73. The van der Waals surface area contributed by atoms with Gasteiger partial charge in [-0.2, -0.15) is 0 Å². The molecule has 6 heavy (non-hydrogen) atoms. The van der Waals surface area contributed by atoms with Gasteiger partial charge < -0.3 is 37.2 Å². The van der Waals surface area contributed by atoms with E-state index >= 15 is 0 Å². The summed E-state index contributed by atoms with van der Waals surface area (Å²) in [5.41, 5.74) is 0. The second-order valence-electron chi connectivity index (χ2n) is 0. The Hall–Kier alpha value is 1.58. The van der Waals surface area contributed by atoms with Gasteiger partial charge in [0.25, 0.3) is 0 Å². The van der Waals surface area contributed by atoms with Gasteiger partial charge in [-0.25, -0.2) is 0 Å². The summed E-state index contributed by atoms with van der Waals surface area (Å²) < 4.78 is 12.3. The topological polar surface area (TPSA) is 0 Å². The van der Waals surface area contributed by atoms with Crippen LogP contribution in [0.1, 0.15) is 9.67 Å². The molecule has 0 aromatic rings. The molecule has 0 spiro atoms. The van der Waals surface area contributed by atoms with Gasteiger partial charge in [0.05, 0.1) is 0 Å². The average Bonchev–Trinajstić information content (AvgIpc) is 0.811. The van der Waals surface area contributed by atoms with Gasteiger partial charge in [0.1, 0.15) is 0 Å². The van der Waals surface area contributed by atoms with E-state index in [1.54, 1.807) is 0 Å². The molecule has 0 rings (SSSR count).